The molecule has 6 nitrogen and oxygen atoms in total. The van der Waals surface area contributed by atoms with Crippen LogP contribution in [0.5, 0.6) is 0 Å². The van der Waals surface area contributed by atoms with Gasteiger partial charge in [-0.1, -0.05) is 6.92 Å². The molecule has 0 aromatic carbocycles. The second kappa shape index (κ2) is 9.56. The molecule has 0 aliphatic carbocycles. The second-order valence-electron chi connectivity index (χ2n) is 6.28. The van der Waals surface area contributed by atoms with E-state index in [-0.39, 0.29) is 6.54 Å². The SMILES string of the molecule is CCOC(=O)/C=C(\CC)CN(C(=O)OC(C)(C)C)c1ncccc1Br. The Hall–Kier alpha value is -1.89. The lowest BCUT2D eigenvalue weighted by Gasteiger charge is -2.28. The van der Waals surface area contributed by atoms with Crippen LogP contribution in [0.15, 0.2) is 34.5 Å². The van der Waals surface area contributed by atoms with Gasteiger partial charge in [-0.05, 0) is 67.8 Å². The highest BCUT2D eigenvalue weighted by Crippen LogP contribution is 2.26. The fourth-order valence-electron chi connectivity index (χ4n) is 1.93. The van der Waals surface area contributed by atoms with E-state index < -0.39 is 17.7 Å². The standard InChI is InChI=1S/C18H25BrN2O4/c1-6-13(11-15(22)24-7-2)12-21(17(23)25-18(3,4)5)16-14(19)9-8-10-20-16/h8-11H,6-7,12H2,1-5H3/b13-11+. The summed E-state index contributed by atoms with van der Waals surface area (Å²) in [5.74, 6) is 0.00327. The molecule has 0 atom stereocenters. The largest absolute Gasteiger partial charge is 0.463 e. The Kier molecular flexibility index (Phi) is 8.09. The van der Waals surface area contributed by atoms with Crippen LogP contribution in [0.25, 0.3) is 0 Å². The normalized spacial score (nSPS) is 11.8. The van der Waals surface area contributed by atoms with Crippen LogP contribution in [-0.2, 0) is 14.3 Å². The maximum Gasteiger partial charge on any atom is 0.416 e. The summed E-state index contributed by atoms with van der Waals surface area (Å²) in [4.78, 5) is 30.1. The van der Waals surface area contributed by atoms with Crippen LogP contribution in [-0.4, -0.2) is 35.8 Å². The molecule has 1 heterocycles. The molecule has 0 N–H and O–H groups in total. The van der Waals surface area contributed by atoms with E-state index in [1.807, 2.05) is 6.92 Å². The van der Waals surface area contributed by atoms with Crippen molar-refractivity contribution in [2.45, 2.75) is 46.6 Å². The zero-order chi connectivity index (χ0) is 19.0. The van der Waals surface area contributed by atoms with E-state index in [1.54, 1.807) is 46.0 Å². The number of ether oxygens (including phenoxy) is 2. The van der Waals surface area contributed by atoms with Gasteiger partial charge in [-0.2, -0.15) is 0 Å². The van der Waals surface area contributed by atoms with Crippen molar-refractivity contribution in [1.82, 2.24) is 4.98 Å². The van der Waals surface area contributed by atoms with Gasteiger partial charge in [0, 0.05) is 12.3 Å². The van der Waals surface area contributed by atoms with Crippen molar-refractivity contribution in [3.63, 3.8) is 0 Å². The Morgan fingerprint density at radius 1 is 1.32 bits per heavy atom. The first-order chi connectivity index (χ1) is 11.7. The summed E-state index contributed by atoms with van der Waals surface area (Å²) in [6.45, 7) is 9.53. The number of carbonyl (C=O) groups is 2. The molecule has 7 heteroatoms. The fraction of sp³-hybridized carbons (Fsp3) is 0.500. The third kappa shape index (κ3) is 7.25. The van der Waals surface area contributed by atoms with Crippen molar-refractivity contribution < 1.29 is 19.1 Å². The number of aromatic nitrogens is 1. The molecule has 0 radical (unpaired) electrons. The number of pyridine rings is 1. The lowest BCUT2D eigenvalue weighted by molar-refractivity contribution is -0.137. The minimum Gasteiger partial charge on any atom is -0.463 e. The van der Waals surface area contributed by atoms with E-state index in [0.717, 1.165) is 5.57 Å². The number of hydrogen-bond donors (Lipinski definition) is 0. The summed E-state index contributed by atoms with van der Waals surface area (Å²) in [6.07, 6.45) is 3.06. The predicted molar refractivity (Wildman–Crippen MR) is 101 cm³/mol. The van der Waals surface area contributed by atoms with Gasteiger partial charge in [0.25, 0.3) is 0 Å². The van der Waals surface area contributed by atoms with Crippen molar-refractivity contribution >= 4 is 33.8 Å². The van der Waals surface area contributed by atoms with Crippen LogP contribution in [0, 0.1) is 0 Å². The van der Waals surface area contributed by atoms with Crippen LogP contribution < -0.4 is 4.90 Å². The molecule has 1 rings (SSSR count). The highest BCUT2D eigenvalue weighted by atomic mass is 79.9. The Bertz CT molecular complexity index is 638. The number of halogens is 1. The zero-order valence-corrected chi connectivity index (χ0v) is 16.9. The summed E-state index contributed by atoms with van der Waals surface area (Å²) in [5.41, 5.74) is 0.0928. The number of esters is 1. The number of carbonyl (C=O) groups excluding carboxylic acids is 2. The molecule has 1 amide bonds. The van der Waals surface area contributed by atoms with Gasteiger partial charge in [-0.25, -0.2) is 14.6 Å². The average molecular weight is 413 g/mol. The summed E-state index contributed by atoms with van der Waals surface area (Å²) >= 11 is 3.41. The Labute approximate surface area is 157 Å². The van der Waals surface area contributed by atoms with E-state index in [0.29, 0.717) is 23.3 Å². The molecule has 1 aromatic rings. The van der Waals surface area contributed by atoms with Crippen LogP contribution in [0.2, 0.25) is 0 Å². The topological polar surface area (TPSA) is 68.7 Å². The molecule has 0 aliphatic heterocycles. The summed E-state index contributed by atoms with van der Waals surface area (Å²) in [5, 5.41) is 0. The first kappa shape index (κ1) is 21.2. The van der Waals surface area contributed by atoms with E-state index in [4.69, 9.17) is 9.47 Å². The molecule has 0 saturated carbocycles. The van der Waals surface area contributed by atoms with E-state index in [1.165, 1.54) is 11.0 Å². The average Bonchev–Trinajstić information content (AvgIpc) is 2.50. The Morgan fingerprint density at radius 2 is 2.00 bits per heavy atom. The molecule has 0 spiro atoms. The van der Waals surface area contributed by atoms with E-state index >= 15 is 0 Å². The van der Waals surface area contributed by atoms with Crippen LogP contribution >= 0.6 is 15.9 Å². The third-order valence-electron chi connectivity index (χ3n) is 3.03. The van der Waals surface area contributed by atoms with Crippen LogP contribution in [0.1, 0.15) is 41.0 Å². The molecule has 0 bridgehead atoms. The van der Waals surface area contributed by atoms with Crippen molar-refractivity contribution in [3.8, 4) is 0 Å². The van der Waals surface area contributed by atoms with Gasteiger partial charge in [-0.3, -0.25) is 4.90 Å². The van der Waals surface area contributed by atoms with Gasteiger partial charge in [-0.15, -0.1) is 0 Å². The number of hydrogen-bond acceptors (Lipinski definition) is 5. The van der Waals surface area contributed by atoms with Crippen molar-refractivity contribution in [3.05, 3.63) is 34.5 Å². The monoisotopic (exact) mass is 412 g/mol. The van der Waals surface area contributed by atoms with E-state index in [2.05, 4.69) is 20.9 Å². The minimum atomic E-state index is -0.645. The molecular formula is C18H25BrN2O4. The van der Waals surface area contributed by atoms with Gasteiger partial charge in [0.15, 0.2) is 5.82 Å². The molecule has 0 unspecified atom stereocenters. The van der Waals surface area contributed by atoms with E-state index in [9.17, 15) is 9.59 Å². The molecule has 138 valence electrons. The summed E-state index contributed by atoms with van der Waals surface area (Å²) in [7, 11) is 0. The molecule has 0 saturated heterocycles. The third-order valence-corrected chi connectivity index (χ3v) is 3.65. The van der Waals surface area contributed by atoms with Gasteiger partial charge >= 0.3 is 12.1 Å². The van der Waals surface area contributed by atoms with Gasteiger partial charge in [0.1, 0.15) is 5.60 Å². The van der Waals surface area contributed by atoms with Gasteiger partial charge in [0.2, 0.25) is 0 Å². The second-order valence-corrected chi connectivity index (χ2v) is 7.14. The van der Waals surface area contributed by atoms with Gasteiger partial charge < -0.3 is 9.47 Å². The number of anilines is 1. The van der Waals surface area contributed by atoms with Crippen molar-refractivity contribution in [2.24, 2.45) is 0 Å². The highest BCUT2D eigenvalue weighted by molar-refractivity contribution is 9.10. The van der Waals surface area contributed by atoms with Gasteiger partial charge in [0.05, 0.1) is 17.6 Å². The lowest BCUT2D eigenvalue weighted by atomic mass is 10.1. The number of amides is 1. The quantitative estimate of drug-likeness (QED) is 0.508. The molecular weight excluding hydrogens is 388 g/mol. The molecule has 1 aromatic heterocycles. The summed E-state index contributed by atoms with van der Waals surface area (Å²) in [6, 6.07) is 3.55. The van der Waals surface area contributed by atoms with Crippen molar-refractivity contribution in [2.75, 3.05) is 18.1 Å². The molecule has 0 fully saturated rings. The van der Waals surface area contributed by atoms with Crippen LogP contribution in [0.3, 0.4) is 0 Å². The number of nitrogens with zero attached hydrogens (tertiary/aromatic N) is 2. The maximum absolute atomic E-state index is 12.7. The first-order valence-electron chi connectivity index (χ1n) is 8.15. The predicted octanol–water partition coefficient (Wildman–Crippen LogP) is 4.49. The summed E-state index contributed by atoms with van der Waals surface area (Å²) < 4.78 is 11.1. The van der Waals surface area contributed by atoms with Crippen LogP contribution in [0.4, 0.5) is 10.6 Å². The Morgan fingerprint density at radius 3 is 2.52 bits per heavy atom. The Balaban J connectivity index is 3.16. The van der Waals surface area contributed by atoms with Crippen molar-refractivity contribution in [1.29, 1.82) is 0 Å². The highest BCUT2D eigenvalue weighted by Gasteiger charge is 2.26. The number of rotatable bonds is 6. The molecule has 0 aliphatic rings. The first-order valence-corrected chi connectivity index (χ1v) is 8.94. The maximum atomic E-state index is 12.7. The molecule has 25 heavy (non-hydrogen) atoms. The smallest absolute Gasteiger partial charge is 0.416 e. The minimum absolute atomic E-state index is 0.180. The lowest BCUT2D eigenvalue weighted by Crippen LogP contribution is -2.38. The zero-order valence-electron chi connectivity index (χ0n) is 15.3. The fourth-order valence-corrected chi connectivity index (χ4v) is 2.40.